The Morgan fingerprint density at radius 2 is 2.03 bits per heavy atom. The summed E-state index contributed by atoms with van der Waals surface area (Å²) in [6.45, 7) is 5.06. The Balaban J connectivity index is 1.73. The van der Waals surface area contributed by atoms with Crippen molar-refractivity contribution in [2.75, 3.05) is 42.4 Å². The van der Waals surface area contributed by atoms with E-state index in [1.54, 1.807) is 37.4 Å². The summed E-state index contributed by atoms with van der Waals surface area (Å²) in [6.07, 6.45) is 6.83. The molecular formula is C24H32N6O3. The van der Waals surface area contributed by atoms with E-state index in [0.29, 0.717) is 48.5 Å². The molecule has 0 radical (unpaired) electrons. The molecule has 9 heteroatoms. The molecule has 1 aromatic carbocycles. The molecule has 0 unspecified atom stereocenters. The maximum Gasteiger partial charge on any atom is 0.251 e. The van der Waals surface area contributed by atoms with E-state index in [1.165, 1.54) is 12.8 Å². The Kier molecular flexibility index (Phi) is 6.67. The number of amides is 2. The number of aromatic nitrogens is 2. The zero-order chi connectivity index (χ0) is 23.5. The molecule has 2 amide bonds. The molecule has 2 heterocycles. The molecule has 0 atom stereocenters. The van der Waals surface area contributed by atoms with Crippen LogP contribution in [0.4, 0.5) is 23.1 Å². The van der Waals surface area contributed by atoms with Gasteiger partial charge in [0.1, 0.15) is 11.4 Å². The molecule has 33 heavy (non-hydrogen) atoms. The molecule has 0 bridgehead atoms. The molecule has 2 N–H and O–H groups in total. The van der Waals surface area contributed by atoms with Crippen molar-refractivity contribution in [2.45, 2.75) is 52.0 Å². The smallest absolute Gasteiger partial charge is 0.251 e. The number of hydrogen-bond donors (Lipinski definition) is 2. The molecule has 4 rings (SSSR count). The molecule has 1 aromatic heterocycles. The van der Waals surface area contributed by atoms with Crippen LogP contribution in [0.25, 0.3) is 0 Å². The Bertz CT molecular complexity index is 1050. The summed E-state index contributed by atoms with van der Waals surface area (Å²) in [4.78, 5) is 38.4. The van der Waals surface area contributed by atoms with Crippen LogP contribution in [-0.4, -0.2) is 55.1 Å². The summed E-state index contributed by atoms with van der Waals surface area (Å²) >= 11 is 0. The van der Waals surface area contributed by atoms with E-state index in [-0.39, 0.29) is 11.8 Å². The van der Waals surface area contributed by atoms with Crippen molar-refractivity contribution in [3.8, 4) is 5.75 Å². The maximum atomic E-state index is 12.8. The number of carbonyl (C=O) groups is 2. The minimum Gasteiger partial charge on any atom is -0.494 e. The molecule has 2 aliphatic rings. The number of nitrogens with zero attached hydrogens (tertiary/aromatic N) is 4. The van der Waals surface area contributed by atoms with Crippen LogP contribution in [0.15, 0.2) is 18.3 Å². The minimum atomic E-state index is -0.171. The van der Waals surface area contributed by atoms with Crippen molar-refractivity contribution in [2.24, 2.45) is 0 Å². The summed E-state index contributed by atoms with van der Waals surface area (Å²) in [5.74, 6) is 1.71. The predicted molar refractivity (Wildman–Crippen MR) is 129 cm³/mol. The summed E-state index contributed by atoms with van der Waals surface area (Å²) in [5.41, 5.74) is 2.71. The molecule has 1 aliphatic heterocycles. The third kappa shape index (κ3) is 4.31. The Hall–Kier alpha value is -3.36. The normalized spacial score (nSPS) is 16.4. The third-order valence-corrected chi connectivity index (χ3v) is 6.59. The highest BCUT2D eigenvalue weighted by Crippen LogP contribution is 2.38. The van der Waals surface area contributed by atoms with Gasteiger partial charge in [-0.3, -0.25) is 9.59 Å². The molecule has 9 nitrogen and oxygen atoms in total. The lowest BCUT2D eigenvalue weighted by Crippen LogP contribution is -2.34. The number of carbonyl (C=O) groups excluding carboxylic acids is 2. The van der Waals surface area contributed by atoms with Crippen LogP contribution in [-0.2, 0) is 4.79 Å². The van der Waals surface area contributed by atoms with Gasteiger partial charge in [-0.15, -0.1) is 0 Å². The van der Waals surface area contributed by atoms with E-state index in [1.807, 2.05) is 13.8 Å². The fourth-order valence-corrected chi connectivity index (χ4v) is 4.89. The molecule has 1 fully saturated rings. The molecule has 1 aliphatic carbocycles. The lowest BCUT2D eigenvalue weighted by atomic mass is 10.1. The Morgan fingerprint density at radius 1 is 1.27 bits per heavy atom. The first kappa shape index (κ1) is 22.8. The highest BCUT2D eigenvalue weighted by Gasteiger charge is 2.32. The zero-order valence-corrected chi connectivity index (χ0v) is 19.8. The molecule has 1 saturated carbocycles. The van der Waals surface area contributed by atoms with Crippen LogP contribution >= 0.6 is 0 Å². The van der Waals surface area contributed by atoms with E-state index in [4.69, 9.17) is 9.72 Å². The van der Waals surface area contributed by atoms with Crippen LogP contribution in [0.3, 0.4) is 0 Å². The second-order valence-corrected chi connectivity index (χ2v) is 8.45. The van der Waals surface area contributed by atoms with Crippen molar-refractivity contribution in [1.29, 1.82) is 0 Å². The van der Waals surface area contributed by atoms with Gasteiger partial charge in [-0.05, 0) is 38.8 Å². The van der Waals surface area contributed by atoms with Gasteiger partial charge in [0, 0.05) is 43.7 Å². The van der Waals surface area contributed by atoms with Crippen LogP contribution in [0.2, 0.25) is 0 Å². The van der Waals surface area contributed by atoms with E-state index < -0.39 is 0 Å². The van der Waals surface area contributed by atoms with Crippen molar-refractivity contribution in [1.82, 2.24) is 15.3 Å². The second kappa shape index (κ2) is 9.64. The van der Waals surface area contributed by atoms with Gasteiger partial charge in [-0.25, -0.2) is 4.98 Å². The van der Waals surface area contributed by atoms with Crippen molar-refractivity contribution >= 4 is 35.0 Å². The summed E-state index contributed by atoms with van der Waals surface area (Å²) in [5, 5.41) is 5.92. The summed E-state index contributed by atoms with van der Waals surface area (Å²) < 4.78 is 5.61. The molecular weight excluding hydrogens is 420 g/mol. The Labute approximate surface area is 194 Å². The van der Waals surface area contributed by atoms with E-state index in [0.717, 1.165) is 29.9 Å². The van der Waals surface area contributed by atoms with Gasteiger partial charge in [-0.2, -0.15) is 4.98 Å². The number of rotatable bonds is 6. The quantitative estimate of drug-likeness (QED) is 0.693. The van der Waals surface area contributed by atoms with Gasteiger partial charge in [0.05, 0.1) is 19.0 Å². The fourth-order valence-electron chi connectivity index (χ4n) is 4.89. The van der Waals surface area contributed by atoms with Gasteiger partial charge < -0.3 is 25.2 Å². The fraction of sp³-hybridized carbons (Fsp3) is 0.500. The predicted octanol–water partition coefficient (Wildman–Crippen LogP) is 3.40. The second-order valence-electron chi connectivity index (χ2n) is 8.45. The van der Waals surface area contributed by atoms with Gasteiger partial charge in [0.15, 0.2) is 5.82 Å². The molecule has 0 saturated heterocycles. The van der Waals surface area contributed by atoms with Crippen molar-refractivity contribution in [3.05, 3.63) is 29.5 Å². The Morgan fingerprint density at radius 3 is 2.70 bits per heavy atom. The number of methoxy groups -OCH3 is 1. The SMILES string of the molecule is CCN1C(=O)CCN(C2CCCC2)c2nc(Nc3ccc(C(=O)NC)c(C)c3OC)ncc21. The average molecular weight is 453 g/mol. The first-order valence-electron chi connectivity index (χ1n) is 11.6. The average Bonchev–Trinajstić information content (AvgIpc) is 3.31. The molecule has 2 aromatic rings. The van der Waals surface area contributed by atoms with E-state index in [9.17, 15) is 9.59 Å². The summed E-state index contributed by atoms with van der Waals surface area (Å²) in [6, 6.07) is 3.94. The summed E-state index contributed by atoms with van der Waals surface area (Å²) in [7, 11) is 3.18. The number of benzene rings is 1. The first-order chi connectivity index (χ1) is 16.0. The minimum absolute atomic E-state index is 0.102. The third-order valence-electron chi connectivity index (χ3n) is 6.59. The van der Waals surface area contributed by atoms with Gasteiger partial charge in [0.25, 0.3) is 5.91 Å². The molecule has 176 valence electrons. The number of ether oxygens (including phenoxy) is 1. The lowest BCUT2D eigenvalue weighted by molar-refractivity contribution is -0.118. The topological polar surface area (TPSA) is 99.7 Å². The van der Waals surface area contributed by atoms with Gasteiger partial charge in [0.2, 0.25) is 11.9 Å². The number of fused-ring (bicyclic) bond motifs is 1. The highest BCUT2D eigenvalue weighted by atomic mass is 16.5. The number of anilines is 4. The van der Waals surface area contributed by atoms with Crippen LogP contribution in [0.1, 0.15) is 54.9 Å². The lowest BCUT2D eigenvalue weighted by Gasteiger charge is -2.30. The van der Waals surface area contributed by atoms with Gasteiger partial charge >= 0.3 is 0 Å². The molecule has 0 spiro atoms. The van der Waals surface area contributed by atoms with Gasteiger partial charge in [-0.1, -0.05) is 12.8 Å². The van der Waals surface area contributed by atoms with Crippen LogP contribution < -0.4 is 25.2 Å². The van der Waals surface area contributed by atoms with Crippen LogP contribution in [0, 0.1) is 6.92 Å². The number of hydrogen-bond acceptors (Lipinski definition) is 7. The standard InChI is InChI=1S/C24H32N6O3/c1-5-29-19-14-26-24(27-18-11-10-17(23(32)25-3)15(2)21(18)33-4)28-22(19)30(13-12-20(29)31)16-8-6-7-9-16/h10-11,14,16H,5-9,12-13H2,1-4H3,(H,25,32)(H,26,27,28). The van der Waals surface area contributed by atoms with E-state index in [2.05, 4.69) is 20.5 Å². The van der Waals surface area contributed by atoms with Crippen molar-refractivity contribution in [3.63, 3.8) is 0 Å². The zero-order valence-electron chi connectivity index (χ0n) is 19.8. The van der Waals surface area contributed by atoms with E-state index >= 15 is 0 Å². The van der Waals surface area contributed by atoms with Crippen LogP contribution in [0.5, 0.6) is 5.75 Å². The first-order valence-corrected chi connectivity index (χ1v) is 11.6. The largest absolute Gasteiger partial charge is 0.494 e. The maximum absolute atomic E-state index is 12.8. The highest BCUT2D eigenvalue weighted by molar-refractivity contribution is 5.98. The number of nitrogens with one attached hydrogen (secondary N) is 2. The van der Waals surface area contributed by atoms with Crippen molar-refractivity contribution < 1.29 is 14.3 Å². The monoisotopic (exact) mass is 452 g/mol.